The van der Waals surface area contributed by atoms with Gasteiger partial charge in [-0.2, -0.15) is 0 Å². The minimum Gasteiger partial charge on any atom is -0.444 e. The Labute approximate surface area is 176 Å². The molecule has 9 heteroatoms. The Morgan fingerprint density at radius 3 is 2.62 bits per heavy atom. The standard InChI is InChI=1S/C20H30ClN5O3/c1-7-15-12-24(19(28)29-20(3,4)5)13(2)10-25(15)16-8-17(27)23(6)26-11-14(9-21)22-18(16)26/h8,11,13,15H,7,9-10,12H2,1-6H3/t13-,15+/m1/s1. The summed E-state index contributed by atoms with van der Waals surface area (Å²) in [6, 6.07) is 1.60. The highest BCUT2D eigenvalue weighted by atomic mass is 35.5. The number of anilines is 1. The number of rotatable bonds is 3. The number of aromatic nitrogens is 3. The summed E-state index contributed by atoms with van der Waals surface area (Å²) in [6.45, 7) is 10.8. The summed E-state index contributed by atoms with van der Waals surface area (Å²) in [5, 5.41) is 0. The number of piperazine rings is 1. The van der Waals surface area contributed by atoms with Crippen molar-refractivity contribution in [1.82, 2.24) is 19.1 Å². The van der Waals surface area contributed by atoms with Crippen LogP contribution in [0.15, 0.2) is 17.1 Å². The van der Waals surface area contributed by atoms with Crippen LogP contribution in [0.1, 0.15) is 46.7 Å². The van der Waals surface area contributed by atoms with Crippen LogP contribution in [0.5, 0.6) is 0 Å². The lowest BCUT2D eigenvalue weighted by Gasteiger charge is -2.46. The maximum Gasteiger partial charge on any atom is 0.410 e. The molecule has 1 fully saturated rings. The summed E-state index contributed by atoms with van der Waals surface area (Å²) in [4.78, 5) is 33.9. The summed E-state index contributed by atoms with van der Waals surface area (Å²) < 4.78 is 8.85. The summed E-state index contributed by atoms with van der Waals surface area (Å²) in [5.74, 6) is 0.273. The monoisotopic (exact) mass is 423 g/mol. The fourth-order valence-electron chi connectivity index (χ4n) is 3.74. The molecule has 0 saturated carbocycles. The van der Waals surface area contributed by atoms with E-state index in [-0.39, 0.29) is 29.6 Å². The molecular weight excluding hydrogens is 394 g/mol. The number of amides is 1. The van der Waals surface area contributed by atoms with E-state index in [1.807, 2.05) is 27.7 Å². The second-order valence-electron chi connectivity index (χ2n) is 8.62. The Bertz CT molecular complexity index is 961. The van der Waals surface area contributed by atoms with Crippen molar-refractivity contribution in [2.24, 2.45) is 7.05 Å². The number of aryl methyl sites for hydroxylation is 1. The molecule has 0 aromatic carbocycles. The molecule has 2 aromatic heterocycles. The average molecular weight is 424 g/mol. The molecule has 0 bridgehead atoms. The molecule has 8 nitrogen and oxygen atoms in total. The molecule has 1 aliphatic rings. The second-order valence-corrected chi connectivity index (χ2v) is 8.89. The molecule has 1 amide bonds. The molecule has 3 heterocycles. The lowest BCUT2D eigenvalue weighted by molar-refractivity contribution is 0.0123. The van der Waals surface area contributed by atoms with Crippen molar-refractivity contribution in [3.63, 3.8) is 0 Å². The van der Waals surface area contributed by atoms with Crippen molar-refractivity contribution in [1.29, 1.82) is 0 Å². The van der Waals surface area contributed by atoms with Crippen molar-refractivity contribution in [2.45, 2.75) is 64.6 Å². The Kier molecular flexibility index (Phi) is 5.85. The number of ether oxygens (including phenoxy) is 1. The Morgan fingerprint density at radius 1 is 1.34 bits per heavy atom. The fraction of sp³-hybridized carbons (Fsp3) is 0.650. The topological polar surface area (TPSA) is 72.1 Å². The highest BCUT2D eigenvalue weighted by Crippen LogP contribution is 2.28. The third-order valence-corrected chi connectivity index (χ3v) is 5.53. The molecule has 160 valence electrons. The summed E-state index contributed by atoms with van der Waals surface area (Å²) in [5.41, 5.74) is 1.51. The molecule has 0 N–H and O–H groups in total. The summed E-state index contributed by atoms with van der Waals surface area (Å²) in [6.07, 6.45) is 2.30. The first-order valence-corrected chi connectivity index (χ1v) is 10.5. The van der Waals surface area contributed by atoms with E-state index in [4.69, 9.17) is 16.3 Å². The Balaban J connectivity index is 1.98. The van der Waals surface area contributed by atoms with Crippen molar-refractivity contribution in [3.8, 4) is 0 Å². The molecular formula is C20H30ClN5O3. The molecule has 3 rings (SSSR count). The van der Waals surface area contributed by atoms with Gasteiger partial charge in [-0.3, -0.25) is 4.79 Å². The summed E-state index contributed by atoms with van der Waals surface area (Å²) >= 11 is 5.98. The predicted octanol–water partition coefficient (Wildman–Crippen LogP) is 3.00. The normalized spacial score (nSPS) is 20.4. The van der Waals surface area contributed by atoms with Gasteiger partial charge in [-0.1, -0.05) is 6.92 Å². The van der Waals surface area contributed by atoms with Gasteiger partial charge >= 0.3 is 6.09 Å². The number of carbonyl (C=O) groups is 1. The van der Waals surface area contributed by atoms with E-state index in [9.17, 15) is 9.59 Å². The fourth-order valence-corrected chi connectivity index (χ4v) is 3.86. The number of imidazole rings is 1. The van der Waals surface area contributed by atoms with E-state index in [1.165, 1.54) is 4.68 Å². The minimum absolute atomic E-state index is 0.0470. The minimum atomic E-state index is -0.540. The number of hydrogen-bond donors (Lipinski definition) is 0. The molecule has 2 aromatic rings. The zero-order valence-electron chi connectivity index (χ0n) is 18.0. The van der Waals surface area contributed by atoms with Crippen molar-refractivity contribution in [2.75, 3.05) is 18.0 Å². The molecule has 29 heavy (non-hydrogen) atoms. The van der Waals surface area contributed by atoms with Crippen LogP contribution in [0.25, 0.3) is 5.65 Å². The summed E-state index contributed by atoms with van der Waals surface area (Å²) in [7, 11) is 1.71. The molecule has 0 spiro atoms. The largest absolute Gasteiger partial charge is 0.444 e. The van der Waals surface area contributed by atoms with Crippen LogP contribution in [-0.4, -0.2) is 55.9 Å². The molecule has 0 unspecified atom stereocenters. The second kappa shape index (κ2) is 7.89. The van der Waals surface area contributed by atoms with Crippen LogP contribution in [-0.2, 0) is 17.7 Å². The smallest absolute Gasteiger partial charge is 0.410 e. The van der Waals surface area contributed by atoms with Gasteiger partial charge in [0.25, 0.3) is 5.56 Å². The third kappa shape index (κ3) is 4.22. The SMILES string of the molecule is CC[C@H]1CN(C(=O)OC(C)(C)C)[C@H](C)CN1c1cc(=O)n(C)n2cc(CCl)nc12. The van der Waals surface area contributed by atoms with Gasteiger partial charge in [0.1, 0.15) is 5.60 Å². The molecule has 1 aliphatic heterocycles. The Morgan fingerprint density at radius 2 is 2.03 bits per heavy atom. The maximum absolute atomic E-state index is 12.7. The molecule has 0 radical (unpaired) electrons. The van der Waals surface area contributed by atoms with E-state index in [1.54, 1.807) is 28.7 Å². The number of halogens is 1. The van der Waals surface area contributed by atoms with Gasteiger partial charge in [-0.05, 0) is 34.1 Å². The van der Waals surface area contributed by atoms with Crippen molar-refractivity contribution >= 4 is 29.0 Å². The third-order valence-electron chi connectivity index (χ3n) is 5.26. The quantitative estimate of drug-likeness (QED) is 0.709. The number of carbonyl (C=O) groups excluding carboxylic acids is 1. The van der Waals surface area contributed by atoms with Crippen LogP contribution in [0.4, 0.5) is 10.5 Å². The van der Waals surface area contributed by atoms with Gasteiger partial charge in [-0.15, -0.1) is 11.6 Å². The van der Waals surface area contributed by atoms with Crippen LogP contribution in [0, 0.1) is 0 Å². The zero-order valence-corrected chi connectivity index (χ0v) is 18.7. The molecule has 1 saturated heterocycles. The Hall–Kier alpha value is -2.22. The van der Waals surface area contributed by atoms with E-state index in [0.29, 0.717) is 24.4 Å². The number of alkyl halides is 1. The highest BCUT2D eigenvalue weighted by Gasteiger charge is 2.36. The highest BCUT2D eigenvalue weighted by molar-refractivity contribution is 6.16. The van der Waals surface area contributed by atoms with Gasteiger partial charge in [0.05, 0.1) is 23.5 Å². The number of nitrogens with zero attached hydrogens (tertiary/aromatic N) is 5. The number of hydrogen-bond acceptors (Lipinski definition) is 5. The van der Waals surface area contributed by atoms with E-state index in [0.717, 1.165) is 12.1 Å². The van der Waals surface area contributed by atoms with E-state index in [2.05, 4.69) is 16.8 Å². The number of fused-ring (bicyclic) bond motifs is 1. The van der Waals surface area contributed by atoms with Gasteiger partial charge in [-0.25, -0.2) is 19.0 Å². The van der Waals surface area contributed by atoms with Crippen molar-refractivity contribution < 1.29 is 9.53 Å². The first-order chi connectivity index (χ1) is 13.6. The van der Waals surface area contributed by atoms with Gasteiger partial charge < -0.3 is 14.5 Å². The maximum atomic E-state index is 12.7. The predicted molar refractivity (Wildman–Crippen MR) is 114 cm³/mol. The molecule has 0 aliphatic carbocycles. The van der Waals surface area contributed by atoms with Gasteiger partial charge in [0.15, 0.2) is 5.65 Å². The van der Waals surface area contributed by atoms with Crippen LogP contribution in [0.2, 0.25) is 0 Å². The van der Waals surface area contributed by atoms with E-state index < -0.39 is 5.60 Å². The first kappa shape index (κ1) is 21.5. The van der Waals surface area contributed by atoms with E-state index >= 15 is 0 Å². The lowest BCUT2D eigenvalue weighted by atomic mass is 10.0. The van der Waals surface area contributed by atoms with Gasteiger partial charge in [0.2, 0.25) is 0 Å². The van der Waals surface area contributed by atoms with Gasteiger partial charge in [0, 0.05) is 38.3 Å². The molecule has 2 atom stereocenters. The lowest BCUT2D eigenvalue weighted by Crippen LogP contribution is -2.60. The average Bonchev–Trinajstić information content (AvgIpc) is 3.07. The zero-order chi connectivity index (χ0) is 21.5. The van der Waals surface area contributed by atoms with Crippen LogP contribution >= 0.6 is 11.6 Å². The first-order valence-electron chi connectivity index (χ1n) is 9.96. The van der Waals surface area contributed by atoms with Crippen LogP contribution in [0.3, 0.4) is 0 Å². The van der Waals surface area contributed by atoms with Crippen molar-refractivity contribution in [3.05, 3.63) is 28.3 Å². The van der Waals surface area contributed by atoms with Crippen LogP contribution < -0.4 is 10.5 Å².